The van der Waals surface area contributed by atoms with E-state index in [1.165, 1.54) is 0 Å². The average Bonchev–Trinajstić information content (AvgIpc) is 3.32. The topological polar surface area (TPSA) is 123 Å². The summed E-state index contributed by atoms with van der Waals surface area (Å²) in [5.74, 6) is -0.818. The number of carboxylic acid groups (broad SMARTS) is 1. The SMILES string of the molecule is CN(C1CCCC1)[C@@H](CC(=O)O)C(=O)N1CCCCC1CCOC1CCN(C(=N)N)CC1. The third kappa shape index (κ3) is 6.57. The maximum Gasteiger partial charge on any atom is 0.305 e. The quantitative estimate of drug-likeness (QED) is 0.361. The zero-order valence-corrected chi connectivity index (χ0v) is 19.5. The first-order chi connectivity index (χ1) is 15.4. The van der Waals surface area contributed by atoms with Crippen LogP contribution in [0.2, 0.25) is 0 Å². The minimum atomic E-state index is -0.915. The van der Waals surface area contributed by atoms with Gasteiger partial charge in [-0.25, -0.2) is 0 Å². The third-order valence-electron chi connectivity index (χ3n) is 7.54. The van der Waals surface area contributed by atoms with Crippen LogP contribution in [0.25, 0.3) is 0 Å². The number of piperidine rings is 2. The standard InChI is InChI=1S/C23H41N5O4/c1-26(17-6-2-3-7-17)20(16-21(29)30)22(31)28-12-5-4-8-18(28)11-15-32-19-9-13-27(14-10-19)23(24)25/h17-20H,2-16H2,1H3,(H3,24,25)(H,29,30)/t18?,20-/m0/s1. The molecule has 3 aliphatic rings. The summed E-state index contributed by atoms with van der Waals surface area (Å²) in [6, 6.07) is -0.175. The number of ether oxygens (including phenoxy) is 1. The van der Waals surface area contributed by atoms with Crippen molar-refractivity contribution in [2.24, 2.45) is 5.73 Å². The molecule has 2 heterocycles. The molecule has 9 nitrogen and oxygen atoms in total. The summed E-state index contributed by atoms with van der Waals surface area (Å²) >= 11 is 0. The minimum Gasteiger partial charge on any atom is -0.481 e. The van der Waals surface area contributed by atoms with Gasteiger partial charge in [-0.1, -0.05) is 12.8 Å². The van der Waals surface area contributed by atoms with Gasteiger partial charge in [0.2, 0.25) is 5.91 Å². The normalized spacial score (nSPS) is 24.1. The number of nitrogens with one attached hydrogen (secondary N) is 1. The summed E-state index contributed by atoms with van der Waals surface area (Å²) in [4.78, 5) is 31.0. The lowest BCUT2D eigenvalue weighted by atomic mass is 9.97. The Morgan fingerprint density at radius 1 is 1.09 bits per heavy atom. The van der Waals surface area contributed by atoms with Gasteiger partial charge in [-0.05, 0) is 58.4 Å². The van der Waals surface area contributed by atoms with E-state index < -0.39 is 12.0 Å². The molecule has 0 bridgehead atoms. The van der Waals surface area contributed by atoms with Crippen molar-refractivity contribution in [1.82, 2.24) is 14.7 Å². The van der Waals surface area contributed by atoms with Crippen LogP contribution in [0.5, 0.6) is 0 Å². The van der Waals surface area contributed by atoms with Gasteiger partial charge >= 0.3 is 5.97 Å². The fraction of sp³-hybridized carbons (Fsp3) is 0.870. The van der Waals surface area contributed by atoms with Gasteiger partial charge in [0.1, 0.15) is 0 Å². The number of aliphatic carboxylic acids is 1. The predicted octanol–water partition coefficient (Wildman–Crippen LogP) is 1.85. The lowest BCUT2D eigenvalue weighted by Crippen LogP contribution is -2.55. The van der Waals surface area contributed by atoms with E-state index in [4.69, 9.17) is 15.9 Å². The highest BCUT2D eigenvalue weighted by atomic mass is 16.5. The Kier molecular flexibility index (Phi) is 9.16. The Labute approximate surface area is 191 Å². The summed E-state index contributed by atoms with van der Waals surface area (Å²) in [5, 5.41) is 17.0. The second kappa shape index (κ2) is 11.8. The lowest BCUT2D eigenvalue weighted by Gasteiger charge is -2.41. The van der Waals surface area contributed by atoms with Gasteiger partial charge < -0.3 is 25.4 Å². The van der Waals surface area contributed by atoms with Gasteiger partial charge in [0.05, 0.1) is 18.6 Å². The second-order valence-electron chi connectivity index (χ2n) is 9.63. The number of hydrogen-bond donors (Lipinski definition) is 3. The lowest BCUT2D eigenvalue weighted by molar-refractivity contribution is -0.148. The number of rotatable bonds is 9. The molecule has 0 spiro atoms. The smallest absolute Gasteiger partial charge is 0.305 e. The molecule has 32 heavy (non-hydrogen) atoms. The van der Waals surface area contributed by atoms with E-state index in [0.29, 0.717) is 19.2 Å². The molecule has 1 saturated carbocycles. The van der Waals surface area contributed by atoms with Gasteiger partial charge in [-0.3, -0.25) is 19.9 Å². The zero-order valence-electron chi connectivity index (χ0n) is 19.5. The molecular weight excluding hydrogens is 410 g/mol. The number of likely N-dealkylation sites (tertiary alicyclic amines) is 2. The first-order valence-corrected chi connectivity index (χ1v) is 12.3. The molecule has 1 amide bonds. The van der Waals surface area contributed by atoms with Crippen molar-refractivity contribution in [3.8, 4) is 0 Å². The van der Waals surface area contributed by atoms with Crippen molar-refractivity contribution in [3.05, 3.63) is 0 Å². The van der Waals surface area contributed by atoms with Crippen LogP contribution in [0.15, 0.2) is 0 Å². The van der Waals surface area contributed by atoms with E-state index in [0.717, 1.165) is 77.3 Å². The Morgan fingerprint density at radius 3 is 2.38 bits per heavy atom. The van der Waals surface area contributed by atoms with Crippen LogP contribution < -0.4 is 5.73 Å². The van der Waals surface area contributed by atoms with Crippen molar-refractivity contribution >= 4 is 17.8 Å². The molecular formula is C23H41N5O4. The van der Waals surface area contributed by atoms with Crippen LogP contribution in [0, 0.1) is 5.41 Å². The molecule has 1 aliphatic carbocycles. The molecule has 3 rings (SSSR count). The first kappa shape index (κ1) is 24.8. The Hall–Kier alpha value is -1.87. The molecule has 2 aliphatic heterocycles. The number of guanidine groups is 1. The first-order valence-electron chi connectivity index (χ1n) is 12.3. The van der Waals surface area contributed by atoms with E-state index in [9.17, 15) is 14.7 Å². The van der Waals surface area contributed by atoms with Crippen molar-refractivity contribution in [3.63, 3.8) is 0 Å². The second-order valence-corrected chi connectivity index (χ2v) is 9.63. The third-order valence-corrected chi connectivity index (χ3v) is 7.54. The van der Waals surface area contributed by atoms with Crippen LogP contribution in [-0.4, -0.2) is 95.2 Å². The van der Waals surface area contributed by atoms with Gasteiger partial charge in [0, 0.05) is 38.3 Å². The van der Waals surface area contributed by atoms with E-state index in [1.54, 1.807) is 0 Å². The summed E-state index contributed by atoms with van der Waals surface area (Å²) in [6.45, 7) is 2.80. The van der Waals surface area contributed by atoms with Crippen molar-refractivity contribution in [2.75, 3.05) is 33.3 Å². The summed E-state index contributed by atoms with van der Waals surface area (Å²) in [6.07, 6.45) is 9.94. The molecule has 2 saturated heterocycles. The fourth-order valence-corrected chi connectivity index (χ4v) is 5.55. The molecule has 1 unspecified atom stereocenters. The van der Waals surface area contributed by atoms with Crippen molar-refractivity contribution < 1.29 is 19.4 Å². The van der Waals surface area contributed by atoms with Gasteiger partial charge in [0.15, 0.2) is 5.96 Å². The van der Waals surface area contributed by atoms with Crippen LogP contribution in [0.1, 0.15) is 70.6 Å². The number of likely N-dealkylation sites (N-methyl/N-ethyl adjacent to an activating group) is 1. The maximum absolute atomic E-state index is 13.5. The molecule has 9 heteroatoms. The molecule has 3 fully saturated rings. The van der Waals surface area contributed by atoms with Crippen LogP contribution in [0.4, 0.5) is 0 Å². The van der Waals surface area contributed by atoms with Gasteiger partial charge in [-0.2, -0.15) is 0 Å². The van der Waals surface area contributed by atoms with E-state index in [1.807, 2.05) is 21.7 Å². The number of amides is 1. The Morgan fingerprint density at radius 2 is 1.75 bits per heavy atom. The molecule has 0 aromatic carbocycles. The highest BCUT2D eigenvalue weighted by Crippen LogP contribution is 2.28. The van der Waals surface area contributed by atoms with Crippen molar-refractivity contribution in [2.45, 2.75) is 94.9 Å². The number of carbonyl (C=O) groups is 2. The van der Waals surface area contributed by atoms with Gasteiger partial charge in [0.25, 0.3) is 0 Å². The van der Waals surface area contributed by atoms with Crippen LogP contribution >= 0.6 is 0 Å². The zero-order chi connectivity index (χ0) is 23.1. The highest BCUT2D eigenvalue weighted by Gasteiger charge is 2.37. The van der Waals surface area contributed by atoms with Crippen LogP contribution in [0.3, 0.4) is 0 Å². The number of carbonyl (C=O) groups excluding carboxylic acids is 1. The van der Waals surface area contributed by atoms with E-state index in [2.05, 4.69) is 0 Å². The van der Waals surface area contributed by atoms with Gasteiger partial charge in [-0.15, -0.1) is 0 Å². The summed E-state index contributed by atoms with van der Waals surface area (Å²) in [7, 11) is 1.93. The van der Waals surface area contributed by atoms with E-state index in [-0.39, 0.29) is 30.4 Å². The largest absolute Gasteiger partial charge is 0.481 e. The van der Waals surface area contributed by atoms with E-state index >= 15 is 0 Å². The number of nitrogens with zero attached hydrogens (tertiary/aromatic N) is 3. The summed E-state index contributed by atoms with van der Waals surface area (Å²) in [5.41, 5.74) is 5.56. The van der Waals surface area contributed by atoms with Crippen molar-refractivity contribution in [1.29, 1.82) is 5.41 Å². The number of carboxylic acids is 1. The molecule has 0 radical (unpaired) electrons. The number of nitrogens with two attached hydrogens (primary N) is 1. The molecule has 4 N–H and O–H groups in total. The monoisotopic (exact) mass is 451 g/mol. The highest BCUT2D eigenvalue weighted by molar-refractivity contribution is 5.86. The minimum absolute atomic E-state index is 0.0266. The number of hydrogen-bond acceptors (Lipinski definition) is 5. The van der Waals surface area contributed by atoms with Crippen LogP contribution in [-0.2, 0) is 14.3 Å². The Balaban J connectivity index is 1.54. The maximum atomic E-state index is 13.5. The molecule has 2 atom stereocenters. The average molecular weight is 452 g/mol. The molecule has 0 aromatic rings. The fourth-order valence-electron chi connectivity index (χ4n) is 5.55. The summed E-state index contributed by atoms with van der Waals surface area (Å²) < 4.78 is 6.12. The predicted molar refractivity (Wildman–Crippen MR) is 122 cm³/mol. The molecule has 0 aromatic heterocycles. The molecule has 182 valence electrons. The Bertz CT molecular complexity index is 646.